The summed E-state index contributed by atoms with van der Waals surface area (Å²) in [4.78, 5) is 4.14. The van der Waals surface area contributed by atoms with Gasteiger partial charge in [0.05, 0.1) is 12.9 Å². The van der Waals surface area contributed by atoms with Crippen molar-refractivity contribution < 1.29 is 4.74 Å². The van der Waals surface area contributed by atoms with Gasteiger partial charge in [-0.05, 0) is 42.9 Å². The normalized spacial score (nSPS) is 20.9. The van der Waals surface area contributed by atoms with E-state index < -0.39 is 0 Å². The summed E-state index contributed by atoms with van der Waals surface area (Å²) >= 11 is 0. The van der Waals surface area contributed by atoms with Crippen molar-refractivity contribution in [3.8, 4) is 0 Å². The highest BCUT2D eigenvalue weighted by Gasteiger charge is 2.16. The Labute approximate surface area is 91.0 Å². The molecule has 0 bridgehead atoms. The molecule has 15 heavy (non-hydrogen) atoms. The van der Waals surface area contributed by atoms with Crippen molar-refractivity contribution in [2.75, 3.05) is 7.11 Å². The van der Waals surface area contributed by atoms with Crippen LogP contribution in [0.5, 0.6) is 0 Å². The zero-order valence-corrected chi connectivity index (χ0v) is 9.15. The van der Waals surface area contributed by atoms with Crippen LogP contribution in [0.3, 0.4) is 0 Å². The topological polar surface area (TPSA) is 22.1 Å². The summed E-state index contributed by atoms with van der Waals surface area (Å²) in [7, 11) is 1.76. The lowest BCUT2D eigenvalue weighted by Gasteiger charge is -2.21. The van der Waals surface area contributed by atoms with Gasteiger partial charge in [-0.1, -0.05) is 6.07 Å². The van der Waals surface area contributed by atoms with Crippen molar-refractivity contribution in [3.63, 3.8) is 0 Å². The molecule has 1 atom stereocenters. The molecule has 2 nitrogen and oxygen atoms in total. The van der Waals surface area contributed by atoms with Gasteiger partial charge in [0.15, 0.2) is 0 Å². The molecule has 80 valence electrons. The Balaban J connectivity index is 1.94. The summed E-state index contributed by atoms with van der Waals surface area (Å²) < 4.78 is 5.30. The van der Waals surface area contributed by atoms with Crippen LogP contribution in [0.1, 0.15) is 24.8 Å². The van der Waals surface area contributed by atoms with Gasteiger partial charge >= 0.3 is 0 Å². The van der Waals surface area contributed by atoms with E-state index >= 15 is 0 Å². The number of aromatic nitrogens is 1. The molecule has 0 aliphatic heterocycles. The first-order valence-corrected chi connectivity index (χ1v) is 5.50. The monoisotopic (exact) mass is 203 g/mol. The molecule has 0 N–H and O–H groups in total. The van der Waals surface area contributed by atoms with Gasteiger partial charge < -0.3 is 4.74 Å². The zero-order chi connectivity index (χ0) is 10.5. The van der Waals surface area contributed by atoms with Crippen LogP contribution < -0.4 is 0 Å². The van der Waals surface area contributed by atoms with E-state index in [-0.39, 0.29) is 0 Å². The van der Waals surface area contributed by atoms with Gasteiger partial charge in [0, 0.05) is 18.8 Å². The maximum absolute atomic E-state index is 5.30. The lowest BCUT2D eigenvalue weighted by Crippen LogP contribution is -2.10. The van der Waals surface area contributed by atoms with Gasteiger partial charge in [-0.3, -0.25) is 4.98 Å². The van der Waals surface area contributed by atoms with E-state index in [0.29, 0.717) is 5.92 Å². The molecule has 0 saturated heterocycles. The molecule has 0 fully saturated rings. The van der Waals surface area contributed by atoms with Gasteiger partial charge in [0.1, 0.15) is 0 Å². The Morgan fingerprint density at radius 1 is 1.53 bits per heavy atom. The second-order valence-electron chi connectivity index (χ2n) is 4.09. The third-order valence-corrected chi connectivity index (χ3v) is 2.95. The van der Waals surface area contributed by atoms with E-state index in [4.69, 9.17) is 4.74 Å². The fourth-order valence-electron chi connectivity index (χ4n) is 2.14. The molecule has 2 rings (SSSR count). The molecule has 1 heterocycles. The average molecular weight is 203 g/mol. The Morgan fingerprint density at radius 2 is 2.47 bits per heavy atom. The summed E-state index contributed by atoms with van der Waals surface area (Å²) in [6.07, 6.45) is 10.6. The van der Waals surface area contributed by atoms with E-state index in [0.717, 1.165) is 25.0 Å². The third kappa shape index (κ3) is 2.82. The predicted molar refractivity (Wildman–Crippen MR) is 60.4 cm³/mol. The van der Waals surface area contributed by atoms with Crippen molar-refractivity contribution >= 4 is 0 Å². The molecule has 2 heteroatoms. The van der Waals surface area contributed by atoms with Gasteiger partial charge in [-0.25, -0.2) is 0 Å². The number of allylic oxidation sites excluding steroid dienone is 2. The SMILES string of the molecule is COC1=CCCC(Cc2cccnc2)C1. The zero-order valence-electron chi connectivity index (χ0n) is 9.15. The molecule has 0 amide bonds. The van der Waals surface area contributed by atoms with Crippen molar-refractivity contribution in [1.29, 1.82) is 0 Å². The summed E-state index contributed by atoms with van der Waals surface area (Å²) in [5.41, 5.74) is 1.33. The summed E-state index contributed by atoms with van der Waals surface area (Å²) in [6.45, 7) is 0. The molecule has 1 aromatic rings. The van der Waals surface area contributed by atoms with Gasteiger partial charge in [0.2, 0.25) is 0 Å². The molecular formula is C13H17NO. The molecular weight excluding hydrogens is 186 g/mol. The van der Waals surface area contributed by atoms with E-state index in [1.807, 2.05) is 18.5 Å². The first-order valence-electron chi connectivity index (χ1n) is 5.50. The quantitative estimate of drug-likeness (QED) is 0.753. The Morgan fingerprint density at radius 3 is 3.20 bits per heavy atom. The first-order chi connectivity index (χ1) is 7.38. The van der Waals surface area contributed by atoms with Crippen LogP contribution >= 0.6 is 0 Å². The average Bonchev–Trinajstić information content (AvgIpc) is 2.31. The number of pyridine rings is 1. The van der Waals surface area contributed by atoms with Crippen molar-refractivity contribution in [2.45, 2.75) is 25.7 Å². The van der Waals surface area contributed by atoms with Crippen LogP contribution in [-0.4, -0.2) is 12.1 Å². The highest BCUT2D eigenvalue weighted by atomic mass is 16.5. The maximum atomic E-state index is 5.30. The lowest BCUT2D eigenvalue weighted by atomic mass is 9.88. The lowest BCUT2D eigenvalue weighted by molar-refractivity contribution is 0.243. The molecule has 1 unspecified atom stereocenters. The van der Waals surface area contributed by atoms with E-state index in [9.17, 15) is 0 Å². The van der Waals surface area contributed by atoms with E-state index in [1.165, 1.54) is 12.0 Å². The Kier molecular flexibility index (Phi) is 3.38. The molecule has 0 spiro atoms. The standard InChI is InChI=1S/C13H17NO/c1-15-13-6-2-4-11(9-13)8-12-5-3-7-14-10-12/h3,5-7,10-11H,2,4,8-9H2,1H3. The number of methoxy groups -OCH3 is 1. The fraction of sp³-hybridized carbons (Fsp3) is 0.462. The maximum Gasteiger partial charge on any atom is 0.0918 e. The Hall–Kier alpha value is -1.31. The van der Waals surface area contributed by atoms with E-state index in [1.54, 1.807) is 7.11 Å². The summed E-state index contributed by atoms with van der Waals surface area (Å²) in [5, 5.41) is 0. The summed E-state index contributed by atoms with van der Waals surface area (Å²) in [6, 6.07) is 4.16. The number of hydrogen-bond acceptors (Lipinski definition) is 2. The molecule has 1 aromatic heterocycles. The number of rotatable bonds is 3. The Bertz CT molecular complexity index is 332. The third-order valence-electron chi connectivity index (χ3n) is 2.95. The number of hydrogen-bond donors (Lipinski definition) is 0. The molecule has 0 saturated carbocycles. The highest BCUT2D eigenvalue weighted by molar-refractivity contribution is 5.11. The van der Waals surface area contributed by atoms with Gasteiger partial charge in [-0.2, -0.15) is 0 Å². The minimum atomic E-state index is 0.717. The van der Waals surface area contributed by atoms with Crippen molar-refractivity contribution in [2.24, 2.45) is 5.92 Å². The smallest absolute Gasteiger partial charge is 0.0918 e. The fourth-order valence-corrected chi connectivity index (χ4v) is 2.14. The van der Waals surface area contributed by atoms with Crippen LogP contribution in [-0.2, 0) is 11.2 Å². The van der Waals surface area contributed by atoms with Crippen molar-refractivity contribution in [1.82, 2.24) is 4.98 Å². The van der Waals surface area contributed by atoms with Crippen LogP contribution in [0.4, 0.5) is 0 Å². The van der Waals surface area contributed by atoms with Crippen LogP contribution in [0.25, 0.3) is 0 Å². The van der Waals surface area contributed by atoms with E-state index in [2.05, 4.69) is 17.1 Å². The van der Waals surface area contributed by atoms with Gasteiger partial charge in [0.25, 0.3) is 0 Å². The largest absolute Gasteiger partial charge is 0.501 e. The number of nitrogens with zero attached hydrogens (tertiary/aromatic N) is 1. The predicted octanol–water partition coefficient (Wildman–Crippen LogP) is 2.95. The minimum absolute atomic E-state index is 0.717. The molecule has 1 aliphatic rings. The molecule has 0 aromatic carbocycles. The summed E-state index contributed by atoms with van der Waals surface area (Å²) in [5.74, 6) is 1.87. The van der Waals surface area contributed by atoms with Crippen LogP contribution in [0, 0.1) is 5.92 Å². The highest BCUT2D eigenvalue weighted by Crippen LogP contribution is 2.27. The second kappa shape index (κ2) is 4.96. The molecule has 0 radical (unpaired) electrons. The number of ether oxygens (including phenoxy) is 1. The molecule has 1 aliphatic carbocycles. The van der Waals surface area contributed by atoms with Gasteiger partial charge in [-0.15, -0.1) is 0 Å². The van der Waals surface area contributed by atoms with Crippen LogP contribution in [0.2, 0.25) is 0 Å². The van der Waals surface area contributed by atoms with Crippen LogP contribution in [0.15, 0.2) is 36.4 Å². The van der Waals surface area contributed by atoms with Crippen molar-refractivity contribution in [3.05, 3.63) is 41.9 Å². The minimum Gasteiger partial charge on any atom is -0.501 e. The first kappa shape index (κ1) is 10.2. The second-order valence-corrected chi connectivity index (χ2v) is 4.09.